The molecule has 0 atom stereocenters. The molecule has 8 heteroatoms. The summed E-state index contributed by atoms with van der Waals surface area (Å²) in [6.45, 7) is 0.440. The molecule has 32 heavy (non-hydrogen) atoms. The van der Waals surface area contributed by atoms with E-state index in [0.29, 0.717) is 26.3 Å². The molecule has 1 fully saturated rings. The molecular formula is C24H16BrCl2NO3S. The van der Waals surface area contributed by atoms with Gasteiger partial charge < -0.3 is 4.74 Å². The zero-order valence-corrected chi connectivity index (χ0v) is 20.5. The lowest BCUT2D eigenvalue weighted by molar-refractivity contribution is -0.123. The second-order valence-corrected chi connectivity index (χ2v) is 9.71. The maximum absolute atomic E-state index is 12.9. The molecule has 0 unspecified atom stereocenters. The molecule has 0 aliphatic carbocycles. The van der Waals surface area contributed by atoms with Crippen LogP contribution in [0.4, 0.5) is 4.79 Å². The summed E-state index contributed by atoms with van der Waals surface area (Å²) in [5.74, 6) is 0.228. The number of halogens is 3. The van der Waals surface area contributed by atoms with Crippen LogP contribution in [0.5, 0.6) is 5.75 Å². The molecule has 0 N–H and O–H groups in total. The SMILES string of the molecule is O=C1S/C(=C\c2cc(Br)ccc2OCc2ccccc2Cl)C(=O)N1Cc1cccc(Cl)c1. The van der Waals surface area contributed by atoms with Crippen LogP contribution in [-0.2, 0) is 17.9 Å². The molecule has 1 saturated heterocycles. The van der Waals surface area contributed by atoms with E-state index in [-0.39, 0.29) is 24.3 Å². The quantitative estimate of drug-likeness (QED) is 0.298. The number of hydrogen-bond acceptors (Lipinski definition) is 4. The molecule has 1 aliphatic heterocycles. The van der Waals surface area contributed by atoms with E-state index >= 15 is 0 Å². The molecule has 0 saturated carbocycles. The maximum atomic E-state index is 12.9. The highest BCUT2D eigenvalue weighted by Gasteiger charge is 2.35. The average Bonchev–Trinajstić information content (AvgIpc) is 3.02. The number of carbonyl (C=O) groups excluding carboxylic acids is 2. The smallest absolute Gasteiger partial charge is 0.293 e. The normalized spacial score (nSPS) is 15.0. The van der Waals surface area contributed by atoms with Crippen LogP contribution in [0.3, 0.4) is 0 Å². The molecule has 162 valence electrons. The molecule has 4 rings (SSSR count). The fourth-order valence-corrected chi connectivity index (χ4v) is 4.74. The first-order valence-electron chi connectivity index (χ1n) is 9.56. The van der Waals surface area contributed by atoms with Crippen LogP contribution in [0.2, 0.25) is 10.0 Å². The zero-order valence-electron chi connectivity index (χ0n) is 16.6. The fourth-order valence-electron chi connectivity index (χ4n) is 3.13. The van der Waals surface area contributed by atoms with Crippen LogP contribution >= 0.6 is 50.9 Å². The lowest BCUT2D eigenvalue weighted by atomic mass is 10.1. The van der Waals surface area contributed by atoms with Crippen molar-refractivity contribution in [1.29, 1.82) is 0 Å². The van der Waals surface area contributed by atoms with Gasteiger partial charge in [0.25, 0.3) is 11.1 Å². The molecule has 0 bridgehead atoms. The predicted octanol–water partition coefficient (Wildman–Crippen LogP) is 7.57. The zero-order chi connectivity index (χ0) is 22.7. The minimum absolute atomic E-state index is 0.164. The van der Waals surface area contributed by atoms with Crippen LogP contribution in [-0.4, -0.2) is 16.0 Å². The Morgan fingerprint density at radius 1 is 1.00 bits per heavy atom. The summed E-state index contributed by atoms with van der Waals surface area (Å²) < 4.78 is 6.81. The molecule has 0 aromatic heterocycles. The Labute approximate surface area is 208 Å². The molecule has 0 radical (unpaired) electrons. The maximum Gasteiger partial charge on any atom is 0.293 e. The van der Waals surface area contributed by atoms with Crippen molar-refractivity contribution in [2.75, 3.05) is 0 Å². The third-order valence-corrected chi connectivity index (χ3v) is 6.71. The molecule has 3 aromatic carbocycles. The van der Waals surface area contributed by atoms with Gasteiger partial charge in [0.2, 0.25) is 0 Å². The predicted molar refractivity (Wildman–Crippen MR) is 133 cm³/mol. The highest BCUT2D eigenvalue weighted by molar-refractivity contribution is 9.10. The Hall–Kier alpha value is -2.25. The van der Waals surface area contributed by atoms with E-state index in [2.05, 4.69) is 15.9 Å². The monoisotopic (exact) mass is 547 g/mol. The van der Waals surface area contributed by atoms with Gasteiger partial charge in [-0.05, 0) is 59.8 Å². The van der Waals surface area contributed by atoms with Gasteiger partial charge >= 0.3 is 0 Å². The van der Waals surface area contributed by atoms with Gasteiger partial charge in [-0.25, -0.2) is 0 Å². The van der Waals surface area contributed by atoms with Gasteiger partial charge in [0.05, 0.1) is 11.4 Å². The second kappa shape index (κ2) is 10.1. The minimum Gasteiger partial charge on any atom is -0.488 e. The first kappa shape index (κ1) is 22.9. The van der Waals surface area contributed by atoms with Gasteiger partial charge in [-0.2, -0.15) is 0 Å². The summed E-state index contributed by atoms with van der Waals surface area (Å²) in [6.07, 6.45) is 1.68. The summed E-state index contributed by atoms with van der Waals surface area (Å²) in [5, 5.41) is 0.850. The largest absolute Gasteiger partial charge is 0.488 e. The van der Waals surface area contributed by atoms with Gasteiger partial charge in [0, 0.05) is 25.6 Å². The molecule has 1 heterocycles. The average molecular weight is 549 g/mol. The highest BCUT2D eigenvalue weighted by atomic mass is 79.9. The van der Waals surface area contributed by atoms with E-state index in [1.807, 2.05) is 42.5 Å². The van der Waals surface area contributed by atoms with Crippen LogP contribution in [0.15, 0.2) is 76.1 Å². The van der Waals surface area contributed by atoms with Gasteiger partial charge in [0.15, 0.2) is 0 Å². The number of hydrogen-bond donors (Lipinski definition) is 0. The van der Waals surface area contributed by atoms with E-state index < -0.39 is 0 Å². The van der Waals surface area contributed by atoms with Crippen LogP contribution in [0.1, 0.15) is 16.7 Å². The van der Waals surface area contributed by atoms with Gasteiger partial charge in [0.1, 0.15) is 12.4 Å². The third kappa shape index (κ3) is 5.38. The summed E-state index contributed by atoms with van der Waals surface area (Å²) >= 11 is 16.6. The Morgan fingerprint density at radius 3 is 2.59 bits per heavy atom. The Bertz CT molecular complexity index is 1230. The van der Waals surface area contributed by atoms with Gasteiger partial charge in [-0.3, -0.25) is 14.5 Å². The van der Waals surface area contributed by atoms with Crippen molar-refractivity contribution in [3.63, 3.8) is 0 Å². The fraction of sp³-hybridized carbons (Fsp3) is 0.0833. The first-order valence-corrected chi connectivity index (χ1v) is 11.9. The third-order valence-electron chi connectivity index (χ3n) is 4.70. The van der Waals surface area contributed by atoms with Crippen LogP contribution < -0.4 is 4.74 Å². The standard InChI is InChI=1S/C24H16BrCl2NO3S/c25-18-8-9-21(31-14-16-5-1-2-7-20(16)27)17(11-18)12-22-23(29)28(24(30)32-22)13-15-4-3-6-19(26)10-15/h1-12H,13-14H2/b22-12-. The van der Waals surface area contributed by atoms with Crippen molar-refractivity contribution in [2.45, 2.75) is 13.2 Å². The van der Waals surface area contributed by atoms with E-state index in [0.717, 1.165) is 27.4 Å². The number of thioether (sulfide) groups is 1. The number of carbonyl (C=O) groups is 2. The second-order valence-electron chi connectivity index (χ2n) is 6.96. The van der Waals surface area contributed by atoms with Crippen LogP contribution in [0.25, 0.3) is 6.08 Å². The first-order chi connectivity index (χ1) is 15.4. The Morgan fingerprint density at radius 2 is 1.81 bits per heavy atom. The van der Waals surface area contributed by atoms with Crippen molar-refractivity contribution in [2.24, 2.45) is 0 Å². The number of benzene rings is 3. The van der Waals surface area contributed by atoms with Crippen molar-refractivity contribution >= 4 is 68.1 Å². The van der Waals surface area contributed by atoms with E-state index in [4.69, 9.17) is 27.9 Å². The summed E-state index contributed by atoms with van der Waals surface area (Å²) in [5.41, 5.74) is 2.32. The van der Waals surface area contributed by atoms with Crippen LogP contribution in [0, 0.1) is 0 Å². The number of amides is 2. The topological polar surface area (TPSA) is 46.6 Å². The van der Waals surface area contributed by atoms with Crippen molar-refractivity contribution in [3.05, 3.63) is 103 Å². The van der Waals surface area contributed by atoms with Crippen molar-refractivity contribution in [3.8, 4) is 5.75 Å². The van der Waals surface area contributed by atoms with Crippen molar-refractivity contribution < 1.29 is 14.3 Å². The number of imide groups is 1. The molecule has 3 aromatic rings. The van der Waals surface area contributed by atoms with E-state index in [1.165, 1.54) is 4.90 Å². The molecule has 4 nitrogen and oxygen atoms in total. The Balaban J connectivity index is 1.56. The molecule has 2 amide bonds. The number of nitrogens with zero attached hydrogens (tertiary/aromatic N) is 1. The highest BCUT2D eigenvalue weighted by Crippen LogP contribution is 2.36. The van der Waals surface area contributed by atoms with Gasteiger partial charge in [-0.15, -0.1) is 0 Å². The molecule has 1 aliphatic rings. The lowest BCUT2D eigenvalue weighted by Crippen LogP contribution is -2.27. The minimum atomic E-state index is -0.350. The molecular weight excluding hydrogens is 533 g/mol. The molecule has 0 spiro atoms. The lowest BCUT2D eigenvalue weighted by Gasteiger charge is -2.13. The summed E-state index contributed by atoms with van der Waals surface area (Å²) in [4.78, 5) is 27.0. The summed E-state index contributed by atoms with van der Waals surface area (Å²) in [6, 6.07) is 20.0. The van der Waals surface area contributed by atoms with E-state index in [1.54, 1.807) is 30.3 Å². The van der Waals surface area contributed by atoms with Gasteiger partial charge in [-0.1, -0.05) is 69.5 Å². The number of rotatable bonds is 6. The summed E-state index contributed by atoms with van der Waals surface area (Å²) in [7, 11) is 0. The number of ether oxygens (including phenoxy) is 1. The Kier molecular flexibility index (Phi) is 7.26. The van der Waals surface area contributed by atoms with Crippen molar-refractivity contribution in [1.82, 2.24) is 4.90 Å². The van der Waals surface area contributed by atoms with E-state index in [9.17, 15) is 9.59 Å².